The molecule has 3 N–H and O–H groups in total. The number of sulfonamides is 1. The number of hydrogen-bond donors (Lipinski definition) is 2. The lowest BCUT2D eigenvalue weighted by atomic mass is 10.2. The van der Waals surface area contributed by atoms with Crippen molar-refractivity contribution in [1.29, 1.82) is 0 Å². The van der Waals surface area contributed by atoms with Crippen LogP contribution in [0.1, 0.15) is 19.4 Å². The molecule has 0 aromatic heterocycles. The summed E-state index contributed by atoms with van der Waals surface area (Å²) in [6.45, 7) is 6.94. The summed E-state index contributed by atoms with van der Waals surface area (Å²) in [6, 6.07) is 5.19. The summed E-state index contributed by atoms with van der Waals surface area (Å²) in [7, 11) is -1.50. The number of hydrogen-bond acceptors (Lipinski definition) is 4. The SMILES string of the molecule is Cc1cc(N)ccc1S(=O)(=O)NCCN(C)C(C)C. The molecule has 108 valence electrons. The maximum atomic E-state index is 12.1. The summed E-state index contributed by atoms with van der Waals surface area (Å²) in [5.41, 5.74) is 6.84. The molecule has 0 spiro atoms. The van der Waals surface area contributed by atoms with Gasteiger partial charge in [0.25, 0.3) is 0 Å². The van der Waals surface area contributed by atoms with Crippen molar-refractivity contribution in [1.82, 2.24) is 9.62 Å². The molecule has 0 aliphatic carbocycles. The molecule has 0 heterocycles. The lowest BCUT2D eigenvalue weighted by Gasteiger charge is -2.21. The lowest BCUT2D eigenvalue weighted by molar-refractivity contribution is 0.278. The van der Waals surface area contributed by atoms with Crippen LogP contribution in [0.5, 0.6) is 0 Å². The quantitative estimate of drug-likeness (QED) is 0.770. The fourth-order valence-electron chi connectivity index (χ4n) is 1.67. The van der Waals surface area contributed by atoms with Crippen LogP contribution in [0.3, 0.4) is 0 Å². The van der Waals surface area contributed by atoms with E-state index >= 15 is 0 Å². The highest BCUT2D eigenvalue weighted by Gasteiger charge is 2.16. The Labute approximate surface area is 115 Å². The normalized spacial score (nSPS) is 12.3. The maximum Gasteiger partial charge on any atom is 0.240 e. The number of rotatable bonds is 6. The molecular weight excluding hydrogens is 262 g/mol. The fourth-order valence-corrected chi connectivity index (χ4v) is 2.91. The third-order valence-corrected chi connectivity index (χ3v) is 4.75. The molecule has 0 bridgehead atoms. The predicted molar refractivity (Wildman–Crippen MR) is 78.5 cm³/mol. The highest BCUT2D eigenvalue weighted by molar-refractivity contribution is 7.89. The van der Waals surface area contributed by atoms with E-state index < -0.39 is 10.0 Å². The highest BCUT2D eigenvalue weighted by atomic mass is 32.2. The van der Waals surface area contributed by atoms with Crippen molar-refractivity contribution in [3.63, 3.8) is 0 Å². The molecule has 0 aliphatic rings. The van der Waals surface area contributed by atoms with Crippen LogP contribution < -0.4 is 10.5 Å². The van der Waals surface area contributed by atoms with Gasteiger partial charge in [0, 0.05) is 24.8 Å². The van der Waals surface area contributed by atoms with E-state index in [1.165, 1.54) is 0 Å². The number of likely N-dealkylation sites (N-methyl/N-ethyl adjacent to an activating group) is 1. The van der Waals surface area contributed by atoms with E-state index in [0.717, 1.165) is 0 Å². The van der Waals surface area contributed by atoms with Gasteiger partial charge in [-0.15, -0.1) is 0 Å². The summed E-state index contributed by atoms with van der Waals surface area (Å²) in [4.78, 5) is 2.37. The third-order valence-electron chi connectivity index (χ3n) is 3.13. The Morgan fingerprint density at radius 2 is 2.00 bits per heavy atom. The second-order valence-corrected chi connectivity index (χ2v) is 6.73. The molecule has 0 saturated heterocycles. The Morgan fingerprint density at radius 3 is 2.53 bits per heavy atom. The Hall–Kier alpha value is -1.11. The van der Waals surface area contributed by atoms with Crippen LogP contribution in [-0.2, 0) is 10.0 Å². The van der Waals surface area contributed by atoms with E-state index in [4.69, 9.17) is 5.73 Å². The van der Waals surface area contributed by atoms with E-state index in [9.17, 15) is 8.42 Å². The molecule has 0 atom stereocenters. The third kappa shape index (κ3) is 4.49. The molecule has 1 aromatic carbocycles. The van der Waals surface area contributed by atoms with Gasteiger partial charge < -0.3 is 10.6 Å². The topological polar surface area (TPSA) is 75.4 Å². The number of nitrogens with one attached hydrogen (secondary N) is 1. The smallest absolute Gasteiger partial charge is 0.240 e. The van der Waals surface area contributed by atoms with Crippen molar-refractivity contribution in [2.45, 2.75) is 31.7 Å². The average Bonchev–Trinajstić information content (AvgIpc) is 2.27. The Balaban J connectivity index is 2.71. The van der Waals surface area contributed by atoms with Gasteiger partial charge in [-0.25, -0.2) is 13.1 Å². The van der Waals surface area contributed by atoms with Crippen molar-refractivity contribution >= 4 is 15.7 Å². The van der Waals surface area contributed by atoms with Crippen molar-refractivity contribution in [2.24, 2.45) is 0 Å². The van der Waals surface area contributed by atoms with E-state index in [2.05, 4.69) is 23.5 Å². The van der Waals surface area contributed by atoms with E-state index in [1.54, 1.807) is 25.1 Å². The number of nitrogen functional groups attached to an aromatic ring is 1. The first-order chi connectivity index (χ1) is 8.74. The molecule has 0 aliphatic heterocycles. The van der Waals surface area contributed by atoms with Gasteiger partial charge in [-0.05, 0) is 51.6 Å². The van der Waals surface area contributed by atoms with Gasteiger partial charge in [0.15, 0.2) is 0 Å². The maximum absolute atomic E-state index is 12.1. The van der Waals surface area contributed by atoms with Gasteiger partial charge in [-0.2, -0.15) is 0 Å². The van der Waals surface area contributed by atoms with Crippen LogP contribution in [-0.4, -0.2) is 39.5 Å². The van der Waals surface area contributed by atoms with E-state index in [1.807, 2.05) is 7.05 Å². The largest absolute Gasteiger partial charge is 0.399 e. The van der Waals surface area contributed by atoms with Gasteiger partial charge in [0.05, 0.1) is 4.90 Å². The Bertz CT molecular complexity index is 527. The zero-order valence-corrected chi connectivity index (χ0v) is 12.8. The van der Waals surface area contributed by atoms with E-state index in [-0.39, 0.29) is 4.90 Å². The standard InChI is InChI=1S/C13H23N3O2S/c1-10(2)16(4)8-7-15-19(17,18)13-6-5-12(14)9-11(13)3/h5-6,9-10,15H,7-8,14H2,1-4H3. The first kappa shape index (κ1) is 15.9. The Morgan fingerprint density at radius 1 is 1.37 bits per heavy atom. The van der Waals surface area contributed by atoms with E-state index in [0.29, 0.717) is 30.4 Å². The zero-order chi connectivity index (χ0) is 14.6. The summed E-state index contributed by atoms with van der Waals surface area (Å²) in [5.74, 6) is 0. The van der Waals surface area contributed by atoms with Gasteiger partial charge in [-0.3, -0.25) is 0 Å². The van der Waals surface area contributed by atoms with Gasteiger partial charge >= 0.3 is 0 Å². The van der Waals surface area contributed by atoms with Crippen molar-refractivity contribution < 1.29 is 8.42 Å². The highest BCUT2D eigenvalue weighted by Crippen LogP contribution is 2.17. The molecule has 5 nitrogen and oxygen atoms in total. The van der Waals surface area contributed by atoms with Crippen LogP contribution in [0.15, 0.2) is 23.1 Å². The van der Waals surface area contributed by atoms with Crippen LogP contribution in [0.25, 0.3) is 0 Å². The monoisotopic (exact) mass is 285 g/mol. The van der Waals surface area contributed by atoms with Crippen molar-refractivity contribution in [2.75, 3.05) is 25.9 Å². The molecule has 1 aromatic rings. The number of benzene rings is 1. The lowest BCUT2D eigenvalue weighted by Crippen LogP contribution is -2.36. The number of nitrogens with zero attached hydrogens (tertiary/aromatic N) is 1. The molecule has 19 heavy (non-hydrogen) atoms. The summed E-state index contributed by atoms with van der Waals surface area (Å²) in [6.07, 6.45) is 0. The van der Waals surface area contributed by atoms with Crippen molar-refractivity contribution in [3.8, 4) is 0 Å². The first-order valence-electron chi connectivity index (χ1n) is 6.30. The van der Waals surface area contributed by atoms with Crippen LogP contribution >= 0.6 is 0 Å². The fraction of sp³-hybridized carbons (Fsp3) is 0.538. The average molecular weight is 285 g/mol. The molecule has 0 saturated carbocycles. The van der Waals surface area contributed by atoms with Crippen LogP contribution in [0.2, 0.25) is 0 Å². The molecule has 0 radical (unpaired) electrons. The molecular formula is C13H23N3O2S. The first-order valence-corrected chi connectivity index (χ1v) is 7.78. The second kappa shape index (κ2) is 6.36. The van der Waals surface area contributed by atoms with Gasteiger partial charge in [0.1, 0.15) is 0 Å². The number of nitrogens with two attached hydrogens (primary N) is 1. The van der Waals surface area contributed by atoms with Crippen LogP contribution in [0, 0.1) is 6.92 Å². The minimum absolute atomic E-state index is 0.286. The second-order valence-electron chi connectivity index (χ2n) is 5.00. The summed E-state index contributed by atoms with van der Waals surface area (Å²) >= 11 is 0. The number of anilines is 1. The summed E-state index contributed by atoms with van der Waals surface area (Å²) in [5, 5.41) is 0. The van der Waals surface area contributed by atoms with Gasteiger partial charge in [-0.1, -0.05) is 0 Å². The molecule has 0 amide bonds. The Kier molecular flexibility index (Phi) is 5.34. The number of aryl methyl sites for hydroxylation is 1. The van der Waals surface area contributed by atoms with Crippen LogP contribution in [0.4, 0.5) is 5.69 Å². The molecule has 1 rings (SSSR count). The molecule has 6 heteroatoms. The minimum atomic E-state index is -3.46. The predicted octanol–water partition coefficient (Wildman–Crippen LogP) is 1.20. The molecule has 0 fully saturated rings. The zero-order valence-electron chi connectivity index (χ0n) is 12.0. The summed E-state index contributed by atoms with van der Waals surface area (Å²) < 4.78 is 26.9. The van der Waals surface area contributed by atoms with Gasteiger partial charge in [0.2, 0.25) is 10.0 Å². The molecule has 0 unspecified atom stereocenters. The van der Waals surface area contributed by atoms with Crippen molar-refractivity contribution in [3.05, 3.63) is 23.8 Å². The minimum Gasteiger partial charge on any atom is -0.399 e.